The van der Waals surface area contributed by atoms with Gasteiger partial charge in [-0.05, 0) is 28.1 Å². The van der Waals surface area contributed by atoms with Gasteiger partial charge in [-0.15, -0.1) is 0 Å². The van der Waals surface area contributed by atoms with E-state index in [0.717, 1.165) is 21.5 Å². The lowest BCUT2D eigenvalue weighted by Crippen LogP contribution is -2.06. The third kappa shape index (κ3) is 2.19. The molecular weight excluding hydrogens is 294 g/mol. The van der Waals surface area contributed by atoms with E-state index in [2.05, 4.69) is 36.3 Å². The number of rotatable bonds is 3. The number of nitrogens with one attached hydrogen (secondary N) is 1. The van der Waals surface area contributed by atoms with Crippen molar-refractivity contribution >= 4 is 27.3 Å². The van der Waals surface area contributed by atoms with Crippen molar-refractivity contribution in [2.24, 2.45) is 0 Å². The maximum atomic E-state index is 4.24. The molecule has 0 radical (unpaired) electrons. The fourth-order valence-corrected chi connectivity index (χ4v) is 2.09. The normalized spacial score (nSPS) is 10.7. The van der Waals surface area contributed by atoms with Gasteiger partial charge in [0.1, 0.15) is 0 Å². The monoisotopic (exact) mass is 303 g/mol. The Morgan fingerprint density at radius 1 is 1.22 bits per heavy atom. The molecule has 0 aliphatic heterocycles. The van der Waals surface area contributed by atoms with Crippen LogP contribution in [0.1, 0.15) is 5.69 Å². The Bertz CT molecular complexity index is 679. The molecule has 3 heterocycles. The highest BCUT2D eigenvalue weighted by Crippen LogP contribution is 2.14. The number of nitrogens with zero attached hydrogens (tertiary/aromatic N) is 4. The van der Waals surface area contributed by atoms with E-state index in [1.807, 2.05) is 22.7 Å². The zero-order valence-corrected chi connectivity index (χ0v) is 11.0. The first-order valence-corrected chi connectivity index (χ1v) is 6.24. The molecule has 3 rings (SSSR count). The minimum Gasteiger partial charge on any atom is -0.378 e. The van der Waals surface area contributed by atoms with E-state index >= 15 is 0 Å². The first-order valence-electron chi connectivity index (χ1n) is 5.45. The van der Waals surface area contributed by atoms with Crippen molar-refractivity contribution < 1.29 is 0 Å². The number of pyridine rings is 1. The molecule has 0 saturated carbocycles. The highest BCUT2D eigenvalue weighted by Gasteiger charge is 2.02. The summed E-state index contributed by atoms with van der Waals surface area (Å²) in [6.07, 6.45) is 7.06. The molecule has 0 aromatic carbocycles. The summed E-state index contributed by atoms with van der Waals surface area (Å²) < 4.78 is 2.77. The van der Waals surface area contributed by atoms with Crippen molar-refractivity contribution in [3.05, 3.63) is 53.2 Å². The van der Waals surface area contributed by atoms with Crippen LogP contribution in [0.25, 0.3) is 5.65 Å². The van der Waals surface area contributed by atoms with Crippen LogP contribution in [-0.2, 0) is 6.54 Å². The summed E-state index contributed by atoms with van der Waals surface area (Å²) in [5.74, 6) is 0. The molecule has 3 aromatic rings. The Kier molecular flexibility index (Phi) is 2.93. The maximum absolute atomic E-state index is 4.24. The Labute approximate surface area is 112 Å². The molecule has 0 amide bonds. The summed E-state index contributed by atoms with van der Waals surface area (Å²) in [5, 5.41) is 7.54. The second-order valence-corrected chi connectivity index (χ2v) is 4.70. The van der Waals surface area contributed by atoms with Crippen LogP contribution in [0.5, 0.6) is 0 Å². The van der Waals surface area contributed by atoms with Crippen LogP contribution in [0.15, 0.2) is 47.5 Å². The molecule has 0 unspecified atom stereocenters. The van der Waals surface area contributed by atoms with Gasteiger partial charge in [0.25, 0.3) is 0 Å². The van der Waals surface area contributed by atoms with Gasteiger partial charge in [0.2, 0.25) is 0 Å². The predicted octanol–water partition coefficient (Wildman–Crippen LogP) is 2.50. The summed E-state index contributed by atoms with van der Waals surface area (Å²) in [6.45, 7) is 0.666. The third-order valence-corrected chi connectivity index (χ3v) is 2.98. The van der Waals surface area contributed by atoms with Gasteiger partial charge in [0.15, 0.2) is 5.65 Å². The molecule has 18 heavy (non-hydrogen) atoms. The van der Waals surface area contributed by atoms with Crippen molar-refractivity contribution in [2.75, 3.05) is 5.32 Å². The summed E-state index contributed by atoms with van der Waals surface area (Å²) in [7, 11) is 0. The molecule has 0 aliphatic carbocycles. The zero-order chi connectivity index (χ0) is 12.4. The molecule has 1 N–H and O–H groups in total. The first kappa shape index (κ1) is 11.2. The van der Waals surface area contributed by atoms with E-state index in [9.17, 15) is 0 Å². The predicted molar refractivity (Wildman–Crippen MR) is 72.3 cm³/mol. The van der Waals surface area contributed by atoms with Crippen LogP contribution < -0.4 is 5.32 Å². The number of aromatic nitrogens is 4. The number of halogens is 1. The SMILES string of the molecule is Brc1cncc(NCc2ccnc3ccnn23)c1. The van der Waals surface area contributed by atoms with Crippen LogP contribution in [0.4, 0.5) is 5.69 Å². The van der Waals surface area contributed by atoms with Crippen LogP contribution in [0, 0.1) is 0 Å². The number of hydrogen-bond acceptors (Lipinski definition) is 4. The third-order valence-electron chi connectivity index (χ3n) is 2.55. The quantitative estimate of drug-likeness (QED) is 0.808. The van der Waals surface area contributed by atoms with Crippen LogP contribution >= 0.6 is 15.9 Å². The lowest BCUT2D eigenvalue weighted by molar-refractivity contribution is 0.854. The van der Waals surface area contributed by atoms with Gasteiger partial charge in [0, 0.05) is 22.9 Å². The van der Waals surface area contributed by atoms with Crippen LogP contribution in [0.3, 0.4) is 0 Å². The maximum Gasteiger partial charge on any atom is 0.155 e. The minimum absolute atomic E-state index is 0.666. The number of fused-ring (bicyclic) bond motifs is 1. The van der Waals surface area contributed by atoms with Crippen LogP contribution in [0.2, 0.25) is 0 Å². The van der Waals surface area contributed by atoms with Gasteiger partial charge in [-0.25, -0.2) is 9.50 Å². The molecule has 0 fully saturated rings. The zero-order valence-electron chi connectivity index (χ0n) is 9.42. The lowest BCUT2D eigenvalue weighted by atomic mass is 10.3. The first-order chi connectivity index (χ1) is 8.83. The van der Waals surface area contributed by atoms with Gasteiger partial charge < -0.3 is 5.32 Å². The molecule has 0 saturated heterocycles. The standard InChI is InChI=1S/C12H10BrN5/c13-9-5-10(7-14-6-9)16-8-11-1-3-15-12-2-4-17-18(11)12/h1-7,16H,8H2. The summed E-state index contributed by atoms with van der Waals surface area (Å²) in [5.41, 5.74) is 2.85. The largest absolute Gasteiger partial charge is 0.378 e. The molecule has 90 valence electrons. The Morgan fingerprint density at radius 3 is 3.06 bits per heavy atom. The van der Waals surface area contributed by atoms with Gasteiger partial charge in [-0.2, -0.15) is 5.10 Å². The van der Waals surface area contributed by atoms with Crippen molar-refractivity contribution in [3.8, 4) is 0 Å². The van der Waals surface area contributed by atoms with Crippen molar-refractivity contribution in [2.45, 2.75) is 6.54 Å². The average molecular weight is 304 g/mol. The lowest BCUT2D eigenvalue weighted by Gasteiger charge is -2.07. The van der Waals surface area contributed by atoms with Crippen molar-refractivity contribution in [3.63, 3.8) is 0 Å². The van der Waals surface area contributed by atoms with Crippen molar-refractivity contribution in [1.82, 2.24) is 19.6 Å². The molecule has 0 bridgehead atoms. The molecule has 0 aliphatic rings. The number of anilines is 1. The Balaban J connectivity index is 1.83. The molecule has 0 atom stereocenters. The molecule has 6 heteroatoms. The highest BCUT2D eigenvalue weighted by atomic mass is 79.9. The summed E-state index contributed by atoms with van der Waals surface area (Å²) in [4.78, 5) is 8.33. The van der Waals surface area contributed by atoms with E-state index in [4.69, 9.17) is 0 Å². The fourth-order valence-electron chi connectivity index (χ4n) is 1.72. The smallest absolute Gasteiger partial charge is 0.155 e. The molecule has 0 spiro atoms. The van der Waals surface area contributed by atoms with E-state index in [1.54, 1.807) is 24.8 Å². The molecular formula is C12H10BrN5. The fraction of sp³-hybridized carbons (Fsp3) is 0.0833. The summed E-state index contributed by atoms with van der Waals surface area (Å²) in [6, 6.07) is 5.80. The second-order valence-electron chi connectivity index (χ2n) is 3.78. The topological polar surface area (TPSA) is 55.1 Å². The second kappa shape index (κ2) is 4.73. The van der Waals surface area contributed by atoms with E-state index in [0.29, 0.717) is 6.54 Å². The average Bonchev–Trinajstić information content (AvgIpc) is 2.85. The van der Waals surface area contributed by atoms with Gasteiger partial charge in [-0.3, -0.25) is 4.98 Å². The summed E-state index contributed by atoms with van der Waals surface area (Å²) >= 11 is 3.39. The molecule has 5 nitrogen and oxygen atoms in total. The Hall–Kier alpha value is -1.95. The van der Waals surface area contributed by atoms with Gasteiger partial charge in [0.05, 0.1) is 30.3 Å². The van der Waals surface area contributed by atoms with E-state index in [1.165, 1.54) is 0 Å². The minimum atomic E-state index is 0.666. The van der Waals surface area contributed by atoms with Gasteiger partial charge in [-0.1, -0.05) is 0 Å². The highest BCUT2D eigenvalue weighted by molar-refractivity contribution is 9.10. The van der Waals surface area contributed by atoms with E-state index in [-0.39, 0.29) is 0 Å². The number of hydrogen-bond donors (Lipinski definition) is 1. The van der Waals surface area contributed by atoms with E-state index < -0.39 is 0 Å². The van der Waals surface area contributed by atoms with Crippen LogP contribution in [-0.4, -0.2) is 19.6 Å². The van der Waals surface area contributed by atoms with Crippen molar-refractivity contribution in [1.29, 1.82) is 0 Å². The van der Waals surface area contributed by atoms with Gasteiger partial charge >= 0.3 is 0 Å². The molecule has 3 aromatic heterocycles. The Morgan fingerprint density at radius 2 is 2.17 bits per heavy atom.